The molecule has 1 aliphatic heterocycles. The van der Waals surface area contributed by atoms with Crippen molar-refractivity contribution < 1.29 is 9.90 Å². The summed E-state index contributed by atoms with van der Waals surface area (Å²) in [5, 5.41) is 12.4. The largest absolute Gasteiger partial charge is 0.395 e. The predicted molar refractivity (Wildman–Crippen MR) is 122 cm³/mol. The third-order valence-electron chi connectivity index (χ3n) is 5.27. The van der Waals surface area contributed by atoms with Crippen LogP contribution < -0.4 is 16.0 Å². The molecule has 0 radical (unpaired) electrons. The summed E-state index contributed by atoms with van der Waals surface area (Å²) in [6, 6.07) is 6.99. The minimum absolute atomic E-state index is 0. The summed E-state index contributed by atoms with van der Waals surface area (Å²) in [7, 11) is 0. The summed E-state index contributed by atoms with van der Waals surface area (Å²) < 4.78 is 1.98. The van der Waals surface area contributed by atoms with Crippen LogP contribution in [0.4, 0.5) is 17.5 Å². The molecule has 31 heavy (non-hydrogen) atoms. The van der Waals surface area contributed by atoms with E-state index in [9.17, 15) is 4.79 Å². The summed E-state index contributed by atoms with van der Waals surface area (Å²) in [5.41, 5.74) is 7.96. The number of rotatable bonds is 7. The van der Waals surface area contributed by atoms with Gasteiger partial charge in [-0.25, -0.2) is 4.98 Å². The summed E-state index contributed by atoms with van der Waals surface area (Å²) in [6.07, 6.45) is 1.76. The number of imidazole rings is 1. The lowest BCUT2D eigenvalue weighted by atomic mass is 10.2. The van der Waals surface area contributed by atoms with Crippen LogP contribution in [0.25, 0.3) is 11.2 Å². The number of nitrogens with two attached hydrogens (primary N) is 1. The fraction of sp³-hybridized carbons (Fsp3) is 0.400. The number of carbonyl (C=O) groups is 1. The average molecular weight is 447 g/mol. The second kappa shape index (κ2) is 9.90. The van der Waals surface area contributed by atoms with Gasteiger partial charge in [-0.2, -0.15) is 9.97 Å². The number of primary amides is 1. The first kappa shape index (κ1) is 22.7. The molecule has 1 fully saturated rings. The number of benzene rings is 1. The van der Waals surface area contributed by atoms with Gasteiger partial charge in [-0.15, -0.1) is 12.4 Å². The molecule has 4 N–H and O–H groups in total. The lowest BCUT2D eigenvalue weighted by Crippen LogP contribution is -2.47. The molecule has 1 amide bonds. The van der Waals surface area contributed by atoms with Crippen molar-refractivity contribution in [2.75, 3.05) is 49.5 Å². The van der Waals surface area contributed by atoms with Gasteiger partial charge in [-0.05, 0) is 25.1 Å². The Labute approximate surface area is 186 Å². The van der Waals surface area contributed by atoms with Crippen molar-refractivity contribution >= 4 is 46.9 Å². The molecule has 3 heterocycles. The summed E-state index contributed by atoms with van der Waals surface area (Å²) in [5.74, 6) is 0.736. The van der Waals surface area contributed by atoms with Crippen LogP contribution in [0.1, 0.15) is 17.3 Å². The third kappa shape index (κ3) is 4.87. The smallest absolute Gasteiger partial charge is 0.248 e. The van der Waals surface area contributed by atoms with Crippen molar-refractivity contribution in [2.45, 2.75) is 13.5 Å². The van der Waals surface area contributed by atoms with Crippen LogP contribution in [0.2, 0.25) is 0 Å². The second-order valence-electron chi connectivity index (χ2n) is 7.20. The lowest BCUT2D eigenvalue weighted by molar-refractivity contribution is 0.100. The second-order valence-corrected chi connectivity index (χ2v) is 7.20. The molecule has 0 spiro atoms. The Morgan fingerprint density at radius 3 is 2.68 bits per heavy atom. The molecule has 1 aromatic carbocycles. The highest BCUT2D eigenvalue weighted by Crippen LogP contribution is 2.26. The zero-order valence-corrected chi connectivity index (χ0v) is 18.2. The monoisotopic (exact) mass is 446 g/mol. The average Bonchev–Trinajstić information content (AvgIpc) is 3.18. The zero-order valence-electron chi connectivity index (χ0n) is 17.4. The lowest BCUT2D eigenvalue weighted by Gasteiger charge is -2.34. The first-order valence-corrected chi connectivity index (χ1v) is 10.1. The van der Waals surface area contributed by atoms with Crippen LogP contribution in [0.5, 0.6) is 0 Å². The van der Waals surface area contributed by atoms with Crippen molar-refractivity contribution in [3.63, 3.8) is 0 Å². The van der Waals surface area contributed by atoms with Gasteiger partial charge in [0.1, 0.15) is 0 Å². The van der Waals surface area contributed by atoms with Crippen molar-refractivity contribution in [1.29, 1.82) is 0 Å². The van der Waals surface area contributed by atoms with E-state index in [2.05, 4.69) is 20.1 Å². The van der Waals surface area contributed by atoms with E-state index in [1.807, 2.05) is 17.6 Å². The maximum Gasteiger partial charge on any atom is 0.248 e. The maximum atomic E-state index is 11.5. The molecule has 1 aliphatic rings. The SMILES string of the molecule is CCn1cnc2c(Nc3cccc(C(N)=O)c3)nc(N3CCN(CCO)CC3)nc21.Cl. The molecule has 4 rings (SSSR count). The highest BCUT2D eigenvalue weighted by Gasteiger charge is 2.21. The summed E-state index contributed by atoms with van der Waals surface area (Å²) in [6.45, 7) is 6.88. The normalized spacial score (nSPS) is 14.5. The Bertz CT molecular complexity index is 1050. The Morgan fingerprint density at radius 1 is 1.23 bits per heavy atom. The molecule has 0 atom stereocenters. The predicted octanol–water partition coefficient (Wildman–Crippen LogP) is 1.22. The molecular weight excluding hydrogens is 420 g/mol. The number of amides is 1. The molecule has 10 nitrogen and oxygen atoms in total. The Morgan fingerprint density at radius 2 is 2.00 bits per heavy atom. The van der Waals surface area contributed by atoms with E-state index in [4.69, 9.17) is 20.8 Å². The van der Waals surface area contributed by atoms with E-state index < -0.39 is 5.91 Å². The first-order chi connectivity index (χ1) is 14.6. The number of aliphatic hydroxyl groups is 1. The first-order valence-electron chi connectivity index (χ1n) is 10.1. The van der Waals surface area contributed by atoms with Crippen LogP contribution in [-0.4, -0.2) is 74.8 Å². The standard InChI is InChI=1S/C20H26N8O2.ClH/c1-2-27-13-22-16-18(23-15-5-3-4-14(12-15)17(21)30)24-20(25-19(16)27)28-8-6-26(7-9-28)10-11-29;/h3-5,12-13,29H,2,6-11H2,1H3,(H2,21,30)(H,23,24,25);1H. The van der Waals surface area contributed by atoms with Crippen LogP contribution in [0, 0.1) is 0 Å². The van der Waals surface area contributed by atoms with Gasteiger partial charge in [0.25, 0.3) is 0 Å². The minimum Gasteiger partial charge on any atom is -0.395 e. The number of aliphatic hydroxyl groups excluding tert-OH is 1. The van der Waals surface area contributed by atoms with E-state index >= 15 is 0 Å². The highest BCUT2D eigenvalue weighted by molar-refractivity contribution is 5.94. The van der Waals surface area contributed by atoms with Crippen molar-refractivity contribution in [3.8, 4) is 0 Å². The number of hydrogen-bond donors (Lipinski definition) is 3. The van der Waals surface area contributed by atoms with Crippen LogP contribution in [0.15, 0.2) is 30.6 Å². The van der Waals surface area contributed by atoms with Gasteiger partial charge in [0.15, 0.2) is 17.0 Å². The molecular formula is C20H27ClN8O2. The van der Waals surface area contributed by atoms with Crippen molar-refractivity contribution in [2.24, 2.45) is 5.73 Å². The fourth-order valence-corrected chi connectivity index (χ4v) is 3.59. The molecule has 3 aromatic rings. The number of piperazine rings is 1. The number of anilines is 3. The number of nitrogens with one attached hydrogen (secondary N) is 1. The van der Waals surface area contributed by atoms with Crippen LogP contribution >= 0.6 is 12.4 Å². The summed E-state index contributed by atoms with van der Waals surface area (Å²) >= 11 is 0. The molecule has 2 aromatic heterocycles. The molecule has 11 heteroatoms. The number of halogens is 1. The minimum atomic E-state index is -0.483. The van der Waals surface area contributed by atoms with Crippen LogP contribution in [-0.2, 0) is 6.54 Å². The Balaban J connectivity index is 0.00000272. The molecule has 1 saturated heterocycles. The third-order valence-corrected chi connectivity index (χ3v) is 5.27. The summed E-state index contributed by atoms with van der Waals surface area (Å²) in [4.78, 5) is 29.9. The van der Waals surface area contributed by atoms with E-state index in [1.54, 1.807) is 24.5 Å². The zero-order chi connectivity index (χ0) is 21.1. The van der Waals surface area contributed by atoms with E-state index in [0.717, 1.165) is 38.4 Å². The van der Waals surface area contributed by atoms with Gasteiger partial charge < -0.3 is 25.6 Å². The number of aromatic nitrogens is 4. The van der Waals surface area contributed by atoms with Gasteiger partial charge in [-0.3, -0.25) is 9.69 Å². The molecule has 0 saturated carbocycles. The molecule has 0 aliphatic carbocycles. The van der Waals surface area contributed by atoms with Gasteiger partial charge in [-0.1, -0.05) is 6.07 Å². The highest BCUT2D eigenvalue weighted by atomic mass is 35.5. The van der Waals surface area contributed by atoms with E-state index in [-0.39, 0.29) is 19.0 Å². The number of β-amino-alcohol motifs (C(OH)–C–C–N with tert-alkyl or cyclic N) is 1. The van der Waals surface area contributed by atoms with Crippen molar-refractivity contribution in [1.82, 2.24) is 24.4 Å². The molecule has 0 unspecified atom stereocenters. The van der Waals surface area contributed by atoms with E-state index in [0.29, 0.717) is 35.1 Å². The van der Waals surface area contributed by atoms with Gasteiger partial charge in [0.05, 0.1) is 12.9 Å². The maximum absolute atomic E-state index is 11.5. The number of aryl methyl sites for hydroxylation is 1. The van der Waals surface area contributed by atoms with Gasteiger partial charge in [0.2, 0.25) is 11.9 Å². The quantitative estimate of drug-likeness (QED) is 0.494. The Hall–Kier alpha value is -2.95. The fourth-order valence-electron chi connectivity index (χ4n) is 3.59. The number of fused-ring (bicyclic) bond motifs is 1. The van der Waals surface area contributed by atoms with Gasteiger partial charge in [0, 0.05) is 50.5 Å². The molecule has 0 bridgehead atoms. The number of hydrogen-bond acceptors (Lipinski definition) is 8. The topological polar surface area (TPSA) is 125 Å². The van der Waals surface area contributed by atoms with E-state index in [1.165, 1.54) is 0 Å². The number of carbonyl (C=O) groups excluding carboxylic acids is 1. The van der Waals surface area contributed by atoms with Gasteiger partial charge >= 0.3 is 0 Å². The number of nitrogens with zero attached hydrogens (tertiary/aromatic N) is 6. The van der Waals surface area contributed by atoms with Crippen LogP contribution in [0.3, 0.4) is 0 Å². The van der Waals surface area contributed by atoms with Crippen molar-refractivity contribution in [3.05, 3.63) is 36.2 Å². The Kier molecular flexibility index (Phi) is 7.26. The molecule has 166 valence electrons.